The van der Waals surface area contributed by atoms with Crippen molar-refractivity contribution in [3.8, 4) is 0 Å². The molecule has 0 spiro atoms. The van der Waals surface area contributed by atoms with Crippen molar-refractivity contribution < 1.29 is 9.59 Å². The normalized spacial score (nSPS) is 26.4. The highest BCUT2D eigenvalue weighted by atomic mass is 16.2. The lowest BCUT2D eigenvalue weighted by molar-refractivity contribution is -0.136. The third kappa shape index (κ3) is 2.79. The first kappa shape index (κ1) is 12.4. The van der Waals surface area contributed by atoms with E-state index in [0.29, 0.717) is 6.54 Å². The van der Waals surface area contributed by atoms with Crippen LogP contribution in [0.1, 0.15) is 33.1 Å². The Morgan fingerprint density at radius 2 is 1.59 bits per heavy atom. The minimum atomic E-state index is 0.0484. The summed E-state index contributed by atoms with van der Waals surface area (Å²) in [4.78, 5) is 27.3. The fourth-order valence-electron chi connectivity index (χ4n) is 2.74. The van der Waals surface area contributed by atoms with Crippen molar-refractivity contribution >= 4 is 11.8 Å². The van der Waals surface area contributed by atoms with Gasteiger partial charge in [0.15, 0.2) is 0 Å². The quantitative estimate of drug-likeness (QED) is 0.686. The van der Waals surface area contributed by atoms with Crippen molar-refractivity contribution in [2.75, 3.05) is 26.2 Å². The average molecular weight is 238 g/mol. The second-order valence-electron chi connectivity index (χ2n) is 5.46. The molecule has 1 unspecified atom stereocenters. The first-order chi connectivity index (χ1) is 8.08. The van der Waals surface area contributed by atoms with Gasteiger partial charge >= 0.3 is 0 Å². The van der Waals surface area contributed by atoms with Gasteiger partial charge in [-0.25, -0.2) is 0 Å². The monoisotopic (exact) mass is 238 g/mol. The molecular formula is C13H22N2O2. The Bertz CT molecular complexity index is 309. The van der Waals surface area contributed by atoms with E-state index in [1.54, 1.807) is 11.8 Å². The summed E-state index contributed by atoms with van der Waals surface area (Å²) in [6, 6.07) is 0. The van der Waals surface area contributed by atoms with Gasteiger partial charge in [-0.3, -0.25) is 9.59 Å². The molecule has 0 aromatic carbocycles. The summed E-state index contributed by atoms with van der Waals surface area (Å²) in [7, 11) is 0. The van der Waals surface area contributed by atoms with Crippen molar-refractivity contribution in [3.63, 3.8) is 0 Å². The zero-order chi connectivity index (χ0) is 12.4. The SMILES string of the molecule is CC(=O)N1CCC(C(=O)N2CCC(C)CC2)C1. The standard InChI is InChI=1S/C13H22N2O2/c1-10-3-6-14(7-4-10)13(17)12-5-8-15(9-12)11(2)16/h10,12H,3-9H2,1-2H3. The molecule has 0 saturated carbocycles. The lowest BCUT2D eigenvalue weighted by Crippen LogP contribution is -2.42. The highest BCUT2D eigenvalue weighted by Gasteiger charge is 2.33. The molecule has 2 rings (SSSR count). The van der Waals surface area contributed by atoms with E-state index in [4.69, 9.17) is 0 Å². The van der Waals surface area contributed by atoms with Crippen LogP contribution in [-0.2, 0) is 9.59 Å². The molecule has 4 nitrogen and oxygen atoms in total. The Hall–Kier alpha value is -1.06. The smallest absolute Gasteiger partial charge is 0.227 e. The number of nitrogens with zero attached hydrogens (tertiary/aromatic N) is 2. The molecule has 4 heteroatoms. The predicted octanol–water partition coefficient (Wildman–Crippen LogP) is 1.11. The number of hydrogen-bond acceptors (Lipinski definition) is 2. The van der Waals surface area contributed by atoms with E-state index in [-0.39, 0.29) is 17.7 Å². The van der Waals surface area contributed by atoms with Gasteiger partial charge in [0.25, 0.3) is 0 Å². The van der Waals surface area contributed by atoms with Crippen LogP contribution in [0.5, 0.6) is 0 Å². The molecule has 0 aromatic rings. The van der Waals surface area contributed by atoms with Gasteiger partial charge in [0.2, 0.25) is 11.8 Å². The predicted molar refractivity (Wildman–Crippen MR) is 65.3 cm³/mol. The average Bonchev–Trinajstić information content (AvgIpc) is 2.78. The summed E-state index contributed by atoms with van der Waals surface area (Å²) < 4.78 is 0. The van der Waals surface area contributed by atoms with Gasteiger partial charge in [-0.2, -0.15) is 0 Å². The van der Waals surface area contributed by atoms with Gasteiger partial charge in [0.1, 0.15) is 0 Å². The summed E-state index contributed by atoms with van der Waals surface area (Å²) in [6.07, 6.45) is 3.08. The minimum Gasteiger partial charge on any atom is -0.342 e. The molecule has 2 aliphatic rings. The maximum Gasteiger partial charge on any atom is 0.227 e. The Kier molecular flexibility index (Phi) is 3.69. The van der Waals surface area contributed by atoms with Gasteiger partial charge < -0.3 is 9.80 Å². The molecule has 0 N–H and O–H groups in total. The van der Waals surface area contributed by atoms with Crippen LogP contribution in [0.25, 0.3) is 0 Å². The lowest BCUT2D eigenvalue weighted by Gasteiger charge is -2.32. The van der Waals surface area contributed by atoms with E-state index in [2.05, 4.69) is 6.92 Å². The molecule has 2 fully saturated rings. The van der Waals surface area contributed by atoms with Gasteiger partial charge in [-0.15, -0.1) is 0 Å². The van der Waals surface area contributed by atoms with Crippen LogP contribution in [-0.4, -0.2) is 47.8 Å². The molecular weight excluding hydrogens is 216 g/mol. The zero-order valence-electron chi connectivity index (χ0n) is 10.8. The number of carbonyl (C=O) groups excluding carboxylic acids is 2. The number of amides is 2. The largest absolute Gasteiger partial charge is 0.342 e. The molecule has 0 radical (unpaired) electrons. The fraction of sp³-hybridized carbons (Fsp3) is 0.846. The first-order valence-electron chi connectivity index (χ1n) is 6.62. The zero-order valence-corrected chi connectivity index (χ0v) is 10.8. The first-order valence-corrected chi connectivity index (χ1v) is 6.62. The highest BCUT2D eigenvalue weighted by molar-refractivity contribution is 5.81. The Balaban J connectivity index is 1.86. The van der Waals surface area contributed by atoms with E-state index < -0.39 is 0 Å². The molecule has 96 valence electrons. The summed E-state index contributed by atoms with van der Waals surface area (Å²) in [6.45, 7) is 6.99. The third-order valence-corrected chi connectivity index (χ3v) is 4.08. The molecule has 1 atom stereocenters. The van der Waals surface area contributed by atoms with Crippen LogP contribution in [0.15, 0.2) is 0 Å². The van der Waals surface area contributed by atoms with Gasteiger partial charge in [0, 0.05) is 33.1 Å². The number of rotatable bonds is 1. The topological polar surface area (TPSA) is 40.6 Å². The molecule has 2 saturated heterocycles. The second-order valence-corrected chi connectivity index (χ2v) is 5.46. The fourth-order valence-corrected chi connectivity index (χ4v) is 2.74. The number of piperidine rings is 1. The van der Waals surface area contributed by atoms with Gasteiger partial charge in [0.05, 0.1) is 5.92 Å². The number of carbonyl (C=O) groups is 2. The second kappa shape index (κ2) is 5.07. The Morgan fingerprint density at radius 3 is 2.12 bits per heavy atom. The van der Waals surface area contributed by atoms with E-state index in [0.717, 1.165) is 44.8 Å². The van der Waals surface area contributed by atoms with Crippen molar-refractivity contribution in [1.82, 2.24) is 9.80 Å². The summed E-state index contributed by atoms with van der Waals surface area (Å²) in [5, 5.41) is 0. The van der Waals surface area contributed by atoms with Crippen LogP contribution in [0, 0.1) is 11.8 Å². The highest BCUT2D eigenvalue weighted by Crippen LogP contribution is 2.22. The molecule has 2 amide bonds. The number of hydrogen-bond donors (Lipinski definition) is 0. The van der Waals surface area contributed by atoms with Gasteiger partial charge in [-0.05, 0) is 25.2 Å². The van der Waals surface area contributed by atoms with Crippen molar-refractivity contribution in [2.45, 2.75) is 33.1 Å². The van der Waals surface area contributed by atoms with Crippen molar-refractivity contribution in [3.05, 3.63) is 0 Å². The molecule has 2 aliphatic heterocycles. The molecule has 17 heavy (non-hydrogen) atoms. The maximum atomic E-state index is 12.3. The van der Waals surface area contributed by atoms with Crippen molar-refractivity contribution in [1.29, 1.82) is 0 Å². The van der Waals surface area contributed by atoms with Crippen LogP contribution in [0.3, 0.4) is 0 Å². The maximum absolute atomic E-state index is 12.3. The van der Waals surface area contributed by atoms with Crippen LogP contribution < -0.4 is 0 Å². The summed E-state index contributed by atoms with van der Waals surface area (Å²) >= 11 is 0. The Morgan fingerprint density at radius 1 is 1.00 bits per heavy atom. The lowest BCUT2D eigenvalue weighted by atomic mass is 9.97. The van der Waals surface area contributed by atoms with Crippen LogP contribution in [0.4, 0.5) is 0 Å². The van der Waals surface area contributed by atoms with Crippen molar-refractivity contribution in [2.24, 2.45) is 11.8 Å². The minimum absolute atomic E-state index is 0.0484. The van der Waals surface area contributed by atoms with E-state index >= 15 is 0 Å². The van der Waals surface area contributed by atoms with Gasteiger partial charge in [-0.1, -0.05) is 6.92 Å². The van der Waals surface area contributed by atoms with Crippen LogP contribution in [0.2, 0.25) is 0 Å². The van der Waals surface area contributed by atoms with E-state index in [1.165, 1.54) is 0 Å². The molecule has 0 bridgehead atoms. The Labute approximate surface area is 103 Å². The molecule has 2 heterocycles. The van der Waals surface area contributed by atoms with E-state index in [1.807, 2.05) is 4.90 Å². The number of likely N-dealkylation sites (tertiary alicyclic amines) is 2. The van der Waals surface area contributed by atoms with Crippen LogP contribution >= 0.6 is 0 Å². The van der Waals surface area contributed by atoms with E-state index in [9.17, 15) is 9.59 Å². The molecule has 0 aliphatic carbocycles. The summed E-state index contributed by atoms with van der Waals surface area (Å²) in [5.41, 5.74) is 0. The summed E-state index contributed by atoms with van der Waals surface area (Å²) in [5.74, 6) is 1.15. The third-order valence-electron chi connectivity index (χ3n) is 4.08. The molecule has 0 aromatic heterocycles.